The fourth-order valence-corrected chi connectivity index (χ4v) is 0.225. The minimum atomic E-state index is 0. The molecule has 0 saturated heterocycles. The third kappa shape index (κ3) is 3.38. The van der Waals surface area contributed by atoms with Gasteiger partial charge in [0.15, 0.2) is 0 Å². The van der Waals surface area contributed by atoms with Gasteiger partial charge in [-0.15, -0.1) is 6.07 Å². The van der Waals surface area contributed by atoms with Gasteiger partial charge in [-0.2, -0.15) is 0 Å². The summed E-state index contributed by atoms with van der Waals surface area (Å²) in [6.07, 6.45) is 5.66. The molecule has 0 N–H and O–H groups in total. The second-order valence-corrected chi connectivity index (χ2v) is 0.849. The van der Waals surface area contributed by atoms with Crippen molar-refractivity contribution < 1.29 is 32.7 Å². The third-order valence-corrected chi connectivity index (χ3v) is 0.437. The van der Waals surface area contributed by atoms with E-state index in [1.54, 1.807) is 18.5 Å². The fraction of sp³-hybridized carbons (Fsp3) is 0. The molecule has 0 bridgehead atoms. The molecule has 0 aliphatic carbocycles. The number of hydrogen-bond donors (Lipinski definition) is 0. The Kier molecular flexibility index (Phi) is 7.90. The maximum Gasteiger partial charge on any atom is 0.0213 e. The van der Waals surface area contributed by atoms with Crippen LogP contribution in [0.1, 0.15) is 0 Å². The van der Waals surface area contributed by atoms with E-state index >= 15 is 0 Å². The molecule has 35 valence electrons. The van der Waals surface area contributed by atoms with Crippen molar-refractivity contribution in [3.05, 3.63) is 24.8 Å². The summed E-state index contributed by atoms with van der Waals surface area (Å²) in [7, 11) is 0. The van der Waals surface area contributed by atoms with Gasteiger partial charge >= 0.3 is 0 Å². The van der Waals surface area contributed by atoms with Crippen LogP contribution in [0.25, 0.3) is 0 Å². The monoisotopic (exact) mass is 435 g/mol. The smallest absolute Gasteiger partial charge is 0.0213 e. The second-order valence-electron chi connectivity index (χ2n) is 0.849. The van der Waals surface area contributed by atoms with E-state index in [0.29, 0.717) is 0 Å². The molecular formula is C4H3N2RfY-. The first-order valence-electron chi connectivity index (χ1n) is 1.63. The molecule has 0 unspecified atom stereocenters. The van der Waals surface area contributed by atoms with Gasteiger partial charge in [-0.1, -0.05) is 12.4 Å². The normalized spacial score (nSPS) is 6.00. The Morgan fingerprint density at radius 2 is 1.62 bits per heavy atom. The van der Waals surface area contributed by atoms with E-state index in [0.717, 1.165) is 0 Å². The van der Waals surface area contributed by atoms with E-state index in [-0.39, 0.29) is 32.7 Å². The van der Waals surface area contributed by atoms with E-state index in [4.69, 9.17) is 0 Å². The Bertz CT molecular complexity index is 86.0. The molecule has 0 atom stereocenters. The van der Waals surface area contributed by atoms with Crippen LogP contribution in [0.5, 0.6) is 0 Å². The Morgan fingerprint density at radius 3 is 1.75 bits per heavy atom. The van der Waals surface area contributed by atoms with Crippen LogP contribution in [-0.4, -0.2) is 9.97 Å². The van der Waals surface area contributed by atoms with Crippen LogP contribution >= 0.6 is 0 Å². The van der Waals surface area contributed by atoms with E-state index < -0.39 is 0 Å². The Balaban J connectivity index is 0. The summed E-state index contributed by atoms with van der Waals surface area (Å²) in [6, 6.07) is 1.75. The Labute approximate surface area is 67.3 Å². The predicted molar refractivity (Wildman–Crippen MR) is 20.9 cm³/mol. The van der Waals surface area contributed by atoms with Gasteiger partial charge in [-0.25, -0.2) is 0 Å². The van der Waals surface area contributed by atoms with E-state index in [1.807, 2.05) is 0 Å². The minimum absolute atomic E-state index is 0. The first-order valence-corrected chi connectivity index (χ1v) is 1.63. The summed E-state index contributed by atoms with van der Waals surface area (Å²) in [5, 5.41) is 0. The van der Waals surface area contributed by atoms with E-state index in [1.165, 1.54) is 0 Å². The molecule has 8 heavy (non-hydrogen) atoms. The van der Waals surface area contributed by atoms with Gasteiger partial charge < -0.3 is 9.97 Å². The summed E-state index contributed by atoms with van der Waals surface area (Å²) in [4.78, 5) is 7.10. The van der Waals surface area contributed by atoms with E-state index in [9.17, 15) is 0 Å². The topological polar surface area (TPSA) is 25.8 Å². The molecule has 0 aromatic carbocycles. The summed E-state index contributed by atoms with van der Waals surface area (Å²) in [6.45, 7) is 0. The molecule has 4 heteroatoms. The van der Waals surface area contributed by atoms with Gasteiger partial charge in [-0.05, 0) is 0 Å². The molecule has 0 aliphatic heterocycles. The summed E-state index contributed by atoms with van der Waals surface area (Å²) in [5.41, 5.74) is 0. The van der Waals surface area contributed by atoms with Crippen LogP contribution in [0.2, 0.25) is 0 Å². The molecule has 0 aliphatic rings. The van der Waals surface area contributed by atoms with E-state index in [2.05, 4.69) is 16.3 Å². The molecule has 1 radical (unpaired) electrons. The second kappa shape index (κ2) is 6.18. The Morgan fingerprint density at radius 1 is 1.12 bits per heavy atom. The van der Waals surface area contributed by atoms with Crippen molar-refractivity contribution in [1.29, 1.82) is 0 Å². The van der Waals surface area contributed by atoms with Crippen LogP contribution in [-0.2, 0) is 32.7 Å². The zero-order valence-corrected chi connectivity index (χ0v) is 13.6. The van der Waals surface area contributed by atoms with Crippen LogP contribution < -0.4 is 0 Å². The van der Waals surface area contributed by atoms with Gasteiger partial charge in [0.2, 0.25) is 0 Å². The molecule has 0 spiro atoms. The Hall–Kier alpha value is -0.816. The van der Waals surface area contributed by atoms with Crippen molar-refractivity contribution in [2.75, 3.05) is 0 Å². The maximum atomic E-state index is 3.55. The minimum Gasteiger partial charge on any atom is -0.374 e. The number of aromatic nitrogens is 2. The van der Waals surface area contributed by atoms with Crippen LogP contribution in [0.3, 0.4) is 0 Å². The largest absolute Gasteiger partial charge is 0.374 e. The maximum absolute atomic E-state index is 3.55. The molecule has 1 aromatic heterocycles. The van der Waals surface area contributed by atoms with Gasteiger partial charge in [0.1, 0.15) is 0 Å². The summed E-state index contributed by atoms with van der Waals surface area (Å²) >= 11 is 0. The molecular weight excluding hydrogens is 432 g/mol. The molecule has 1 heterocycles. The SMILES string of the molecule is [Rf].[Y].[c-]1ncccn1. The van der Waals surface area contributed by atoms with Crippen molar-refractivity contribution in [3.8, 4) is 0 Å². The van der Waals surface area contributed by atoms with Gasteiger partial charge in [0.25, 0.3) is 0 Å². The molecule has 0 fully saturated rings. The molecule has 1 aromatic rings. The predicted octanol–water partition coefficient (Wildman–Crippen LogP) is 0.274. The number of rotatable bonds is 0. The first kappa shape index (κ1) is 10.2. The standard InChI is InChI=1S/C4H3N2.Rf.Y/c1-2-5-4-6-3-1;;/h1-3H;;/q-1;;. The third-order valence-electron chi connectivity index (χ3n) is 0.437. The van der Waals surface area contributed by atoms with Gasteiger partial charge in [-0.3, -0.25) is 0 Å². The zero-order valence-electron chi connectivity index (χ0n) is 4.41. The number of hydrogen-bond acceptors (Lipinski definition) is 2. The average Bonchev–Trinajstić information content (AvgIpc) is 1.72. The van der Waals surface area contributed by atoms with Crippen LogP contribution in [0, 0.1) is 6.33 Å². The number of nitrogens with zero attached hydrogens (tertiary/aromatic N) is 2. The molecule has 0 amide bonds. The van der Waals surface area contributed by atoms with Crippen molar-refractivity contribution in [2.45, 2.75) is 0 Å². The average molecular weight is 435 g/mol. The quantitative estimate of drug-likeness (QED) is 0.548. The van der Waals surface area contributed by atoms with Crippen molar-refractivity contribution in [3.63, 3.8) is 0 Å². The zero-order chi connectivity index (χ0) is 4.24. The van der Waals surface area contributed by atoms with Crippen molar-refractivity contribution in [1.82, 2.24) is 9.97 Å². The molecule has 1 rings (SSSR count). The summed E-state index contributed by atoms with van der Waals surface area (Å²) in [5.74, 6) is 0. The fourth-order valence-electron chi connectivity index (χ4n) is 0.225. The van der Waals surface area contributed by atoms with Crippen molar-refractivity contribution >= 4 is 0 Å². The van der Waals surface area contributed by atoms with Crippen LogP contribution in [0.4, 0.5) is 0 Å². The first-order chi connectivity index (χ1) is 3.00. The van der Waals surface area contributed by atoms with Gasteiger partial charge in [0.05, 0.1) is 0 Å². The van der Waals surface area contributed by atoms with Crippen LogP contribution in [0.15, 0.2) is 18.5 Å². The van der Waals surface area contributed by atoms with Gasteiger partial charge in [0, 0.05) is 39.0 Å². The molecule has 0 saturated carbocycles. The summed E-state index contributed by atoms with van der Waals surface area (Å²) < 4.78 is 0. The molecule has 2 nitrogen and oxygen atoms in total. The van der Waals surface area contributed by atoms with Crippen molar-refractivity contribution in [2.24, 2.45) is 0 Å².